The number of ether oxygens (including phenoxy) is 1. The number of pyridine rings is 1. The summed E-state index contributed by atoms with van der Waals surface area (Å²) < 4.78 is 32.9. The molecule has 7 nitrogen and oxygen atoms in total. The Hall–Kier alpha value is -3.94. The number of aryl methyl sites for hydroxylation is 2. The Labute approximate surface area is 216 Å². The van der Waals surface area contributed by atoms with Crippen molar-refractivity contribution < 1.29 is 8.85 Å². The van der Waals surface area contributed by atoms with Crippen LogP contribution < -0.4 is 16.0 Å². The van der Waals surface area contributed by atoms with E-state index in [0.717, 1.165) is 15.7 Å². The molecule has 0 spiro atoms. The monoisotopic (exact) mass is 500 g/mol. The van der Waals surface area contributed by atoms with Crippen LogP contribution in [-0.4, -0.2) is 25.9 Å². The first kappa shape index (κ1) is 19.3. The van der Waals surface area contributed by atoms with Gasteiger partial charge in [-0.25, -0.2) is 0 Å². The van der Waals surface area contributed by atoms with Crippen LogP contribution in [0.5, 0.6) is 5.75 Å². The molecule has 6 rings (SSSR count). The van der Waals surface area contributed by atoms with Crippen LogP contribution in [0, 0.1) is 0 Å². The standard InChI is InChI=1S/C28H24ClN5O2/c1-33-16-31-32-27(33)28(30)19-7-9-24-22(13-19)21(15-26(35)34(24)2)18-5-3-4-17(12-18)10-11-36-25-14-20(28)6-8-23(25)29/h3-9,12-16H,10-11,30H2,1-2H3/t28-/m0/s1/i2D3. The quantitative estimate of drug-likeness (QED) is 0.373. The van der Waals surface area contributed by atoms with Crippen LogP contribution in [0.2, 0.25) is 5.02 Å². The van der Waals surface area contributed by atoms with Gasteiger partial charge in [-0.2, -0.15) is 0 Å². The molecule has 6 bridgehead atoms. The molecule has 0 saturated carbocycles. The molecule has 1 aliphatic heterocycles. The van der Waals surface area contributed by atoms with Crippen LogP contribution in [0.15, 0.2) is 77.9 Å². The molecule has 1 atom stereocenters. The van der Waals surface area contributed by atoms with Crippen molar-refractivity contribution in [3.8, 4) is 16.9 Å². The van der Waals surface area contributed by atoms with E-state index in [2.05, 4.69) is 10.2 Å². The minimum Gasteiger partial charge on any atom is -0.492 e. The first-order valence-electron chi connectivity index (χ1n) is 12.9. The van der Waals surface area contributed by atoms with E-state index in [-0.39, 0.29) is 5.52 Å². The van der Waals surface area contributed by atoms with Gasteiger partial charge in [0.25, 0.3) is 5.56 Å². The van der Waals surface area contributed by atoms with Crippen molar-refractivity contribution in [1.82, 2.24) is 19.3 Å². The van der Waals surface area contributed by atoms with E-state index < -0.39 is 18.1 Å². The van der Waals surface area contributed by atoms with E-state index in [9.17, 15) is 4.79 Å². The van der Waals surface area contributed by atoms with Crippen LogP contribution in [-0.2, 0) is 26.0 Å². The van der Waals surface area contributed by atoms with Crippen molar-refractivity contribution in [2.45, 2.75) is 12.0 Å². The molecule has 5 aromatic rings. The van der Waals surface area contributed by atoms with Gasteiger partial charge < -0.3 is 19.6 Å². The third-order valence-corrected chi connectivity index (χ3v) is 7.12. The molecule has 0 aliphatic carbocycles. The van der Waals surface area contributed by atoms with Crippen molar-refractivity contribution in [3.05, 3.63) is 111 Å². The molecule has 1 aliphatic rings. The highest BCUT2D eigenvalue weighted by Crippen LogP contribution is 2.39. The summed E-state index contributed by atoms with van der Waals surface area (Å²) >= 11 is 6.51. The Morgan fingerprint density at radius 3 is 2.75 bits per heavy atom. The van der Waals surface area contributed by atoms with Crippen molar-refractivity contribution in [2.24, 2.45) is 19.8 Å². The van der Waals surface area contributed by atoms with E-state index in [1.165, 1.54) is 6.07 Å². The second-order valence-electron chi connectivity index (χ2n) is 8.98. The van der Waals surface area contributed by atoms with Crippen molar-refractivity contribution in [1.29, 1.82) is 0 Å². The number of aromatic nitrogens is 4. The lowest BCUT2D eigenvalue weighted by Crippen LogP contribution is -2.41. The Balaban J connectivity index is 1.77. The molecule has 0 amide bonds. The molecule has 36 heavy (non-hydrogen) atoms. The lowest BCUT2D eigenvalue weighted by Gasteiger charge is -2.31. The van der Waals surface area contributed by atoms with Crippen LogP contribution in [0.4, 0.5) is 0 Å². The highest BCUT2D eigenvalue weighted by molar-refractivity contribution is 6.32. The lowest BCUT2D eigenvalue weighted by molar-refractivity contribution is 0.321. The van der Waals surface area contributed by atoms with Gasteiger partial charge in [0.15, 0.2) is 5.82 Å². The zero-order valence-corrected chi connectivity index (χ0v) is 20.2. The average Bonchev–Trinajstić information content (AvgIpc) is 3.33. The zero-order chi connectivity index (χ0) is 27.5. The van der Waals surface area contributed by atoms with Crippen molar-refractivity contribution in [2.75, 3.05) is 6.61 Å². The predicted molar refractivity (Wildman–Crippen MR) is 140 cm³/mol. The minimum absolute atomic E-state index is 0.277. The molecule has 0 radical (unpaired) electrons. The Morgan fingerprint density at radius 2 is 1.94 bits per heavy atom. The summed E-state index contributed by atoms with van der Waals surface area (Å²) in [6.07, 6.45) is 2.15. The van der Waals surface area contributed by atoms with Crippen LogP contribution in [0.1, 0.15) is 26.6 Å². The molecule has 8 heteroatoms. The van der Waals surface area contributed by atoms with E-state index >= 15 is 0 Å². The number of benzene rings is 3. The molecule has 3 aromatic carbocycles. The molecular weight excluding hydrogens is 474 g/mol. The third kappa shape index (κ3) is 3.43. The topological polar surface area (TPSA) is 88.0 Å². The number of hydrogen-bond donors (Lipinski definition) is 1. The summed E-state index contributed by atoms with van der Waals surface area (Å²) in [5.41, 5.74) is 9.24. The van der Waals surface area contributed by atoms with Crippen molar-refractivity contribution in [3.63, 3.8) is 0 Å². The molecule has 2 aromatic heterocycles. The highest BCUT2D eigenvalue weighted by atomic mass is 35.5. The van der Waals surface area contributed by atoms with Gasteiger partial charge in [-0.3, -0.25) is 4.79 Å². The Morgan fingerprint density at radius 1 is 1.11 bits per heavy atom. The van der Waals surface area contributed by atoms with Gasteiger partial charge in [-0.1, -0.05) is 48.0 Å². The van der Waals surface area contributed by atoms with Gasteiger partial charge in [-0.15, -0.1) is 10.2 Å². The van der Waals surface area contributed by atoms with Crippen LogP contribution >= 0.6 is 11.6 Å². The fourth-order valence-corrected chi connectivity index (χ4v) is 5.09. The van der Waals surface area contributed by atoms with E-state index in [0.29, 0.717) is 51.7 Å². The maximum absolute atomic E-state index is 13.2. The second-order valence-corrected chi connectivity index (χ2v) is 9.39. The molecular formula is C28H24ClN5O2. The van der Waals surface area contributed by atoms with Gasteiger partial charge in [0.1, 0.15) is 17.6 Å². The average molecular weight is 501 g/mol. The van der Waals surface area contributed by atoms with E-state index in [1.807, 2.05) is 36.4 Å². The predicted octanol–water partition coefficient (Wildman–Crippen LogP) is 4.17. The zero-order valence-electron chi connectivity index (χ0n) is 22.4. The molecule has 0 fully saturated rings. The van der Waals surface area contributed by atoms with E-state index in [4.69, 9.17) is 26.2 Å². The fraction of sp³-hybridized carbons (Fsp3) is 0.179. The second kappa shape index (κ2) is 8.33. The van der Waals surface area contributed by atoms with Gasteiger partial charge >= 0.3 is 0 Å². The fourth-order valence-electron chi connectivity index (χ4n) is 4.91. The van der Waals surface area contributed by atoms with Crippen LogP contribution in [0.3, 0.4) is 0 Å². The highest BCUT2D eigenvalue weighted by Gasteiger charge is 2.37. The Bertz CT molecular complexity index is 1810. The number of halogens is 1. The van der Waals surface area contributed by atoms with Gasteiger partial charge in [-0.05, 0) is 52.1 Å². The molecule has 2 N–H and O–H groups in total. The summed E-state index contributed by atoms with van der Waals surface area (Å²) in [7, 11) is 1.80. The third-order valence-electron chi connectivity index (χ3n) is 6.81. The summed E-state index contributed by atoms with van der Waals surface area (Å²) in [4.78, 5) is 13.2. The first-order valence-corrected chi connectivity index (χ1v) is 11.8. The number of hydrogen-bond acceptors (Lipinski definition) is 5. The largest absolute Gasteiger partial charge is 0.492 e. The maximum Gasteiger partial charge on any atom is 0.251 e. The van der Waals surface area contributed by atoms with Gasteiger partial charge in [0.05, 0.1) is 17.1 Å². The molecule has 180 valence electrons. The van der Waals surface area contributed by atoms with Gasteiger partial charge in [0.2, 0.25) is 0 Å². The summed E-state index contributed by atoms with van der Waals surface area (Å²) in [5.74, 6) is 0.937. The van der Waals surface area contributed by atoms with Crippen LogP contribution in [0.25, 0.3) is 22.0 Å². The summed E-state index contributed by atoms with van der Waals surface area (Å²) in [6, 6.07) is 19.7. The number of nitrogens with zero attached hydrogens (tertiary/aromatic N) is 4. The number of nitrogens with two attached hydrogens (primary N) is 1. The summed E-state index contributed by atoms with van der Waals surface area (Å²) in [6.45, 7) is -2.32. The first-order chi connectivity index (χ1) is 18.6. The molecule has 0 unspecified atom stereocenters. The van der Waals surface area contributed by atoms with Gasteiger partial charge in [0, 0.05) is 36.0 Å². The van der Waals surface area contributed by atoms with Crippen molar-refractivity contribution >= 4 is 22.5 Å². The smallest absolute Gasteiger partial charge is 0.251 e. The SMILES string of the molecule is [2H]C([2H])([2H])n1c(=O)cc2c3cc(ccc31)[C@@](N)(c1nncn1C)c1ccc(Cl)c(c1)OCCc1cccc-2c1. The molecule has 3 heterocycles. The minimum atomic E-state index is -2.68. The number of rotatable bonds is 1. The normalized spacial score (nSPS) is 18.7. The number of fused-ring (bicyclic) bond motifs is 6. The Kier molecular flexibility index (Phi) is 4.46. The molecule has 0 saturated heterocycles. The lowest BCUT2D eigenvalue weighted by atomic mass is 9.81. The van der Waals surface area contributed by atoms with E-state index in [1.54, 1.807) is 42.2 Å². The maximum atomic E-state index is 13.2. The summed E-state index contributed by atoms with van der Waals surface area (Å²) in [5, 5.41) is 9.43.